The third kappa shape index (κ3) is 8.22. The number of unbranched alkanes of at least 4 members (excludes halogenated alkanes) is 1. The van der Waals surface area contributed by atoms with Crippen LogP contribution < -0.4 is 10.6 Å². The van der Waals surface area contributed by atoms with Gasteiger partial charge in [0.25, 0.3) is 0 Å². The van der Waals surface area contributed by atoms with Gasteiger partial charge in [0, 0.05) is 20.1 Å². The number of nitrogens with one attached hydrogen (secondary N) is 2. The lowest BCUT2D eigenvalue weighted by molar-refractivity contribution is -0.144. The van der Waals surface area contributed by atoms with Gasteiger partial charge < -0.3 is 15.4 Å². The Kier molecular flexibility index (Phi) is 10.6. The van der Waals surface area contributed by atoms with Crippen molar-refractivity contribution in [1.82, 2.24) is 10.6 Å². The Balaban J connectivity index is 3.74. The summed E-state index contributed by atoms with van der Waals surface area (Å²) in [5.41, 5.74) is 0. The molecule has 0 amide bonds. The second kappa shape index (κ2) is 11.2. The molecule has 0 saturated carbocycles. The number of guanidine groups is 1. The maximum absolute atomic E-state index is 11.2. The molecule has 0 saturated heterocycles. The van der Waals surface area contributed by atoms with Crippen LogP contribution in [0.25, 0.3) is 0 Å². The van der Waals surface area contributed by atoms with Gasteiger partial charge in [-0.1, -0.05) is 6.92 Å². The first-order chi connectivity index (χ1) is 8.65. The first-order valence-electron chi connectivity index (χ1n) is 6.17. The SMILES string of the molecule is CN=C(NCCCCSC)NCC(C)C(=O)OC. The molecular weight excluding hydrogens is 250 g/mol. The monoisotopic (exact) mass is 275 g/mol. The van der Waals surface area contributed by atoms with Crippen molar-refractivity contribution in [2.45, 2.75) is 19.8 Å². The minimum atomic E-state index is -0.210. The Morgan fingerprint density at radius 1 is 1.39 bits per heavy atom. The molecule has 18 heavy (non-hydrogen) atoms. The number of carbonyl (C=O) groups is 1. The Hall–Kier alpha value is -0.910. The molecule has 0 aliphatic carbocycles. The van der Waals surface area contributed by atoms with Gasteiger partial charge in [-0.05, 0) is 24.9 Å². The second-order valence-corrected chi connectivity index (χ2v) is 4.99. The molecule has 0 aromatic heterocycles. The number of hydrogen-bond donors (Lipinski definition) is 2. The van der Waals surface area contributed by atoms with Gasteiger partial charge in [0.05, 0.1) is 13.0 Å². The lowest BCUT2D eigenvalue weighted by Gasteiger charge is -2.14. The fraction of sp³-hybridized carbons (Fsp3) is 0.833. The minimum Gasteiger partial charge on any atom is -0.469 e. The molecule has 0 bridgehead atoms. The van der Waals surface area contributed by atoms with E-state index in [4.69, 9.17) is 0 Å². The van der Waals surface area contributed by atoms with Crippen molar-refractivity contribution in [2.24, 2.45) is 10.9 Å². The minimum absolute atomic E-state index is 0.176. The number of rotatable bonds is 8. The molecular formula is C12H25N3O2S. The molecule has 0 aliphatic rings. The van der Waals surface area contributed by atoms with Crippen LogP contribution in [-0.2, 0) is 9.53 Å². The molecule has 6 heteroatoms. The van der Waals surface area contributed by atoms with E-state index in [0.29, 0.717) is 6.54 Å². The van der Waals surface area contributed by atoms with Gasteiger partial charge in [0.2, 0.25) is 0 Å². The number of esters is 1. The molecule has 0 aliphatic heterocycles. The van der Waals surface area contributed by atoms with Crippen molar-refractivity contribution in [2.75, 3.05) is 39.3 Å². The number of aliphatic imine (C=N–C) groups is 1. The number of thioether (sulfide) groups is 1. The first kappa shape index (κ1) is 17.1. The summed E-state index contributed by atoms with van der Waals surface area (Å²) in [5.74, 6) is 1.53. The Bertz CT molecular complexity index is 260. The fourth-order valence-electron chi connectivity index (χ4n) is 1.33. The number of carbonyl (C=O) groups excluding carboxylic acids is 1. The highest BCUT2D eigenvalue weighted by Gasteiger charge is 2.12. The lowest BCUT2D eigenvalue weighted by atomic mass is 10.2. The van der Waals surface area contributed by atoms with Gasteiger partial charge in [0.1, 0.15) is 0 Å². The van der Waals surface area contributed by atoms with Crippen LogP contribution in [0.3, 0.4) is 0 Å². The number of nitrogens with zero attached hydrogens (tertiary/aromatic N) is 1. The van der Waals surface area contributed by atoms with Crippen LogP contribution in [0.15, 0.2) is 4.99 Å². The average molecular weight is 275 g/mol. The topological polar surface area (TPSA) is 62.7 Å². The van der Waals surface area contributed by atoms with E-state index < -0.39 is 0 Å². The molecule has 2 N–H and O–H groups in total. The van der Waals surface area contributed by atoms with Crippen molar-refractivity contribution in [3.8, 4) is 0 Å². The van der Waals surface area contributed by atoms with E-state index in [-0.39, 0.29) is 11.9 Å². The summed E-state index contributed by atoms with van der Waals surface area (Å²) in [7, 11) is 3.12. The summed E-state index contributed by atoms with van der Waals surface area (Å²) >= 11 is 1.86. The summed E-state index contributed by atoms with van der Waals surface area (Å²) in [6.45, 7) is 3.24. The van der Waals surface area contributed by atoms with Crippen molar-refractivity contribution >= 4 is 23.7 Å². The van der Waals surface area contributed by atoms with Crippen LogP contribution >= 0.6 is 11.8 Å². The second-order valence-electron chi connectivity index (χ2n) is 4.00. The van der Waals surface area contributed by atoms with Crippen LogP contribution in [-0.4, -0.2) is 51.2 Å². The van der Waals surface area contributed by atoms with E-state index in [9.17, 15) is 4.79 Å². The average Bonchev–Trinajstić information content (AvgIpc) is 2.40. The molecule has 0 aromatic carbocycles. The third-order valence-corrected chi connectivity index (χ3v) is 3.17. The largest absolute Gasteiger partial charge is 0.469 e. The Labute approximate surface area is 114 Å². The standard InChI is InChI=1S/C12H25N3O2S/c1-10(11(16)17-3)9-15-12(13-2)14-7-5-6-8-18-4/h10H,5-9H2,1-4H3,(H2,13,14,15). The fourth-order valence-corrected chi connectivity index (χ4v) is 1.83. The van der Waals surface area contributed by atoms with Gasteiger partial charge in [-0.2, -0.15) is 11.8 Å². The van der Waals surface area contributed by atoms with Crippen LogP contribution in [0.4, 0.5) is 0 Å². The summed E-state index contributed by atoms with van der Waals surface area (Å²) < 4.78 is 4.66. The molecule has 5 nitrogen and oxygen atoms in total. The van der Waals surface area contributed by atoms with Crippen LogP contribution in [0.2, 0.25) is 0 Å². The van der Waals surface area contributed by atoms with E-state index in [1.165, 1.54) is 19.3 Å². The van der Waals surface area contributed by atoms with Crippen LogP contribution in [0.1, 0.15) is 19.8 Å². The highest BCUT2D eigenvalue weighted by Crippen LogP contribution is 1.98. The van der Waals surface area contributed by atoms with Gasteiger partial charge in [0.15, 0.2) is 5.96 Å². The molecule has 0 fully saturated rings. The third-order valence-electron chi connectivity index (χ3n) is 2.47. The highest BCUT2D eigenvalue weighted by molar-refractivity contribution is 7.98. The maximum atomic E-state index is 11.2. The van der Waals surface area contributed by atoms with Crippen molar-refractivity contribution in [3.63, 3.8) is 0 Å². The van der Waals surface area contributed by atoms with Gasteiger partial charge >= 0.3 is 5.97 Å². The predicted molar refractivity (Wildman–Crippen MR) is 78.2 cm³/mol. The molecule has 0 radical (unpaired) electrons. The van der Waals surface area contributed by atoms with E-state index in [0.717, 1.165) is 18.9 Å². The zero-order valence-corrected chi connectivity index (χ0v) is 12.6. The predicted octanol–water partition coefficient (Wildman–Crippen LogP) is 1.10. The van der Waals surface area contributed by atoms with Crippen LogP contribution in [0.5, 0.6) is 0 Å². The summed E-state index contributed by atoms with van der Waals surface area (Å²) in [4.78, 5) is 15.3. The molecule has 106 valence electrons. The smallest absolute Gasteiger partial charge is 0.310 e. The van der Waals surface area contributed by atoms with E-state index in [1.54, 1.807) is 7.05 Å². The zero-order chi connectivity index (χ0) is 13.8. The van der Waals surface area contributed by atoms with Crippen molar-refractivity contribution in [3.05, 3.63) is 0 Å². The number of ether oxygens (including phenoxy) is 1. The molecule has 0 aromatic rings. The summed E-state index contributed by atoms with van der Waals surface area (Å²) in [5, 5.41) is 6.33. The molecule has 0 spiro atoms. The van der Waals surface area contributed by atoms with Gasteiger partial charge in [-0.25, -0.2) is 0 Å². The lowest BCUT2D eigenvalue weighted by Crippen LogP contribution is -2.41. The molecule has 0 heterocycles. The van der Waals surface area contributed by atoms with Crippen molar-refractivity contribution < 1.29 is 9.53 Å². The molecule has 1 atom stereocenters. The molecule has 0 rings (SSSR count). The summed E-state index contributed by atoms with van der Waals surface area (Å²) in [6, 6.07) is 0. The van der Waals surface area contributed by atoms with Gasteiger partial charge in [-0.15, -0.1) is 0 Å². The normalized spacial score (nSPS) is 13.0. The highest BCUT2D eigenvalue weighted by atomic mass is 32.2. The van der Waals surface area contributed by atoms with Crippen LogP contribution in [0, 0.1) is 5.92 Å². The van der Waals surface area contributed by atoms with E-state index >= 15 is 0 Å². The zero-order valence-electron chi connectivity index (χ0n) is 11.8. The Morgan fingerprint density at radius 2 is 2.11 bits per heavy atom. The number of methoxy groups -OCH3 is 1. The number of hydrogen-bond acceptors (Lipinski definition) is 4. The molecule has 1 unspecified atom stereocenters. The summed E-state index contributed by atoms with van der Waals surface area (Å²) in [6.07, 6.45) is 4.43. The van der Waals surface area contributed by atoms with Gasteiger partial charge in [-0.3, -0.25) is 9.79 Å². The maximum Gasteiger partial charge on any atom is 0.310 e. The Morgan fingerprint density at radius 3 is 2.67 bits per heavy atom. The van der Waals surface area contributed by atoms with E-state index in [1.807, 2.05) is 18.7 Å². The first-order valence-corrected chi connectivity index (χ1v) is 7.56. The quantitative estimate of drug-likeness (QED) is 0.301. The van der Waals surface area contributed by atoms with Crippen molar-refractivity contribution in [1.29, 1.82) is 0 Å². The van der Waals surface area contributed by atoms with E-state index in [2.05, 4.69) is 26.6 Å².